The summed E-state index contributed by atoms with van der Waals surface area (Å²) in [6, 6.07) is 16.3. The number of aryl methyl sites for hydroxylation is 1. The number of aromatic amines is 2. The summed E-state index contributed by atoms with van der Waals surface area (Å²) in [4.78, 5) is 20.7. The van der Waals surface area contributed by atoms with Gasteiger partial charge in [0, 0.05) is 41.2 Å². The minimum Gasteiger partial charge on any atom is -0.489 e. The van der Waals surface area contributed by atoms with Crippen molar-refractivity contribution < 1.29 is 17.9 Å². The maximum Gasteiger partial charge on any atom is 0.251 e. The molecule has 1 fully saturated rings. The van der Waals surface area contributed by atoms with E-state index in [1.54, 1.807) is 24.3 Å². The third-order valence-corrected chi connectivity index (χ3v) is 8.14. The topological polar surface area (TPSA) is 133 Å². The molecule has 0 radical (unpaired) electrons. The summed E-state index contributed by atoms with van der Waals surface area (Å²) >= 11 is 5.10. The lowest BCUT2D eigenvalue weighted by atomic mass is 9.91. The summed E-state index contributed by atoms with van der Waals surface area (Å²) < 4.78 is 32.1. The lowest BCUT2D eigenvalue weighted by Gasteiger charge is -2.36. The lowest BCUT2D eigenvalue weighted by molar-refractivity contribution is 0.0911. The normalized spacial score (nSPS) is 18.4. The first-order valence-corrected chi connectivity index (χ1v) is 14.4. The van der Waals surface area contributed by atoms with Crippen LogP contribution in [0.25, 0.3) is 10.9 Å². The Labute approximate surface area is 225 Å². The molecule has 4 aromatic rings. The molecule has 0 spiro atoms. The zero-order chi connectivity index (χ0) is 26.9. The molecule has 38 heavy (non-hydrogen) atoms. The molecule has 2 aromatic carbocycles. The van der Waals surface area contributed by atoms with E-state index >= 15 is 0 Å². The average Bonchev–Trinajstić information content (AvgIpc) is 3.32. The Balaban J connectivity index is 1.28. The Morgan fingerprint density at radius 3 is 2.68 bits per heavy atom. The maximum atomic E-state index is 13.1. The molecule has 0 saturated carbocycles. The van der Waals surface area contributed by atoms with Crippen LogP contribution in [0, 0.1) is 11.7 Å². The highest BCUT2D eigenvalue weighted by Crippen LogP contribution is 2.28. The number of pyridine rings is 1. The highest BCUT2D eigenvalue weighted by molar-refractivity contribution is 7.88. The minimum atomic E-state index is -3.41. The van der Waals surface area contributed by atoms with Crippen molar-refractivity contribution >= 4 is 39.1 Å². The number of hydrogen-bond donors (Lipinski definition) is 3. The number of hydrogen-bond acceptors (Lipinski definition) is 7. The number of rotatable bonds is 7. The Morgan fingerprint density at radius 2 is 1.97 bits per heavy atom. The third kappa shape index (κ3) is 5.77. The van der Waals surface area contributed by atoms with Crippen LogP contribution in [0.5, 0.6) is 5.75 Å². The molecule has 3 N–H and O–H groups in total. The lowest BCUT2D eigenvalue weighted by Crippen LogP contribution is -2.53. The smallest absolute Gasteiger partial charge is 0.251 e. The SMILES string of the molecule is Cc1cc(COc2ccc(C(=O)N[C@@H]3CN(S(C)(=O)=O)CC[C@@H]3c3n[nH]c(=S)[nH]3)cc2)c2ccccc2n1. The molecular formula is C26H28N6O4S2. The predicted molar refractivity (Wildman–Crippen MR) is 146 cm³/mol. The van der Waals surface area contributed by atoms with E-state index < -0.39 is 16.1 Å². The van der Waals surface area contributed by atoms with E-state index in [2.05, 4.69) is 25.5 Å². The molecule has 2 atom stereocenters. The van der Waals surface area contributed by atoms with E-state index in [0.29, 0.717) is 41.5 Å². The molecule has 0 bridgehead atoms. The predicted octanol–water partition coefficient (Wildman–Crippen LogP) is 3.45. The van der Waals surface area contributed by atoms with Crippen LogP contribution in [-0.2, 0) is 16.6 Å². The van der Waals surface area contributed by atoms with Crippen LogP contribution >= 0.6 is 12.2 Å². The number of carbonyl (C=O) groups is 1. The van der Waals surface area contributed by atoms with E-state index in [-0.39, 0.29) is 18.4 Å². The standard InChI is InChI=1S/C26H28N6O4S2/c1-16-13-18(20-5-3-4-6-22(20)27-16)15-36-19-9-7-17(8-10-19)25(33)28-23-14-32(38(2,34)35)12-11-21(23)24-29-26(37)31-30-24/h3-10,13,21,23H,11-12,14-15H2,1-2H3,(H,28,33)(H2,29,30,31,37)/t21-,23+/m0/s1. The maximum absolute atomic E-state index is 13.1. The summed E-state index contributed by atoms with van der Waals surface area (Å²) in [6.07, 6.45) is 1.66. The summed E-state index contributed by atoms with van der Waals surface area (Å²) in [7, 11) is -3.41. The molecule has 0 unspecified atom stereocenters. The van der Waals surface area contributed by atoms with Crippen LogP contribution in [0.4, 0.5) is 0 Å². The minimum absolute atomic E-state index is 0.142. The number of para-hydroxylation sites is 1. The number of benzene rings is 2. The number of piperidine rings is 1. The van der Waals surface area contributed by atoms with Gasteiger partial charge in [-0.15, -0.1) is 0 Å². The van der Waals surface area contributed by atoms with Gasteiger partial charge in [-0.1, -0.05) is 18.2 Å². The molecular weight excluding hydrogens is 524 g/mol. The van der Waals surface area contributed by atoms with Crippen molar-refractivity contribution in [2.75, 3.05) is 19.3 Å². The molecule has 1 aliphatic rings. The van der Waals surface area contributed by atoms with Gasteiger partial charge in [0.05, 0.1) is 17.8 Å². The highest BCUT2D eigenvalue weighted by atomic mass is 32.2. The van der Waals surface area contributed by atoms with Crippen molar-refractivity contribution in [3.05, 3.63) is 82.0 Å². The highest BCUT2D eigenvalue weighted by Gasteiger charge is 2.36. The Hall–Kier alpha value is -3.61. The average molecular weight is 553 g/mol. The second kappa shape index (κ2) is 10.6. The molecule has 1 amide bonds. The molecule has 198 valence electrons. The van der Waals surface area contributed by atoms with Gasteiger partial charge in [0.25, 0.3) is 5.91 Å². The van der Waals surface area contributed by atoms with Crippen molar-refractivity contribution in [3.63, 3.8) is 0 Å². The number of fused-ring (bicyclic) bond motifs is 1. The number of H-pyrrole nitrogens is 2. The molecule has 1 aliphatic heterocycles. The van der Waals surface area contributed by atoms with Gasteiger partial charge in [0.15, 0.2) is 4.77 Å². The van der Waals surface area contributed by atoms with Crippen LogP contribution in [-0.4, -0.2) is 64.2 Å². The van der Waals surface area contributed by atoms with E-state index in [1.165, 1.54) is 10.6 Å². The summed E-state index contributed by atoms with van der Waals surface area (Å²) in [5.74, 6) is 0.692. The van der Waals surface area contributed by atoms with Crippen molar-refractivity contribution in [2.45, 2.75) is 31.9 Å². The molecule has 12 heteroatoms. The van der Waals surface area contributed by atoms with Gasteiger partial charge >= 0.3 is 0 Å². The summed E-state index contributed by atoms with van der Waals surface area (Å²) in [6.45, 7) is 2.80. The van der Waals surface area contributed by atoms with Gasteiger partial charge in [0.2, 0.25) is 10.0 Å². The van der Waals surface area contributed by atoms with E-state index in [4.69, 9.17) is 17.0 Å². The number of ether oxygens (including phenoxy) is 1. The largest absolute Gasteiger partial charge is 0.489 e. The van der Waals surface area contributed by atoms with Gasteiger partial charge in [-0.25, -0.2) is 12.7 Å². The number of nitrogens with one attached hydrogen (secondary N) is 3. The van der Waals surface area contributed by atoms with Crippen molar-refractivity contribution in [2.24, 2.45) is 0 Å². The first-order valence-electron chi connectivity index (χ1n) is 12.2. The Kier molecular flexibility index (Phi) is 7.28. The number of nitrogens with zero attached hydrogens (tertiary/aromatic N) is 3. The Bertz CT molecular complexity index is 1630. The van der Waals surface area contributed by atoms with Crippen LogP contribution < -0.4 is 10.1 Å². The molecule has 0 aliphatic carbocycles. The zero-order valence-electron chi connectivity index (χ0n) is 21.0. The summed E-state index contributed by atoms with van der Waals surface area (Å²) in [5.41, 5.74) is 3.31. The van der Waals surface area contributed by atoms with Crippen molar-refractivity contribution in [1.29, 1.82) is 0 Å². The van der Waals surface area contributed by atoms with Gasteiger partial charge in [-0.3, -0.25) is 14.9 Å². The quantitative estimate of drug-likeness (QED) is 0.299. The van der Waals surface area contributed by atoms with Gasteiger partial charge in [0.1, 0.15) is 18.2 Å². The molecule has 2 aromatic heterocycles. The number of sulfonamides is 1. The van der Waals surface area contributed by atoms with Crippen molar-refractivity contribution in [1.82, 2.24) is 29.8 Å². The van der Waals surface area contributed by atoms with Crippen LogP contribution in [0.15, 0.2) is 54.6 Å². The van der Waals surface area contributed by atoms with Crippen molar-refractivity contribution in [3.8, 4) is 5.75 Å². The number of amides is 1. The fraction of sp³-hybridized carbons (Fsp3) is 0.308. The number of aromatic nitrogens is 4. The third-order valence-electron chi connectivity index (χ3n) is 6.67. The molecule has 1 saturated heterocycles. The van der Waals surface area contributed by atoms with E-state index in [9.17, 15) is 13.2 Å². The molecule has 3 heterocycles. The molecule has 5 rings (SSSR count). The van der Waals surface area contributed by atoms with Gasteiger partial charge in [-0.05, 0) is 62.0 Å². The first-order chi connectivity index (χ1) is 18.2. The van der Waals surface area contributed by atoms with Crippen LogP contribution in [0.1, 0.15) is 39.8 Å². The summed E-state index contributed by atoms with van der Waals surface area (Å²) in [5, 5.41) is 11.0. The second-order valence-corrected chi connectivity index (χ2v) is 11.8. The fourth-order valence-electron chi connectivity index (χ4n) is 4.79. The monoisotopic (exact) mass is 552 g/mol. The van der Waals surface area contributed by atoms with E-state index in [1.807, 2.05) is 37.3 Å². The van der Waals surface area contributed by atoms with Gasteiger partial charge in [-0.2, -0.15) is 5.10 Å². The second-order valence-electron chi connectivity index (χ2n) is 9.41. The van der Waals surface area contributed by atoms with E-state index in [0.717, 1.165) is 22.2 Å². The van der Waals surface area contributed by atoms with Crippen LogP contribution in [0.2, 0.25) is 0 Å². The zero-order valence-corrected chi connectivity index (χ0v) is 22.6. The fourth-order valence-corrected chi connectivity index (χ4v) is 5.80. The first kappa shape index (κ1) is 26.0. The molecule has 10 nitrogen and oxygen atoms in total. The Morgan fingerprint density at radius 1 is 1.21 bits per heavy atom. The number of carbonyl (C=O) groups excluding carboxylic acids is 1. The van der Waals surface area contributed by atoms with Gasteiger partial charge < -0.3 is 15.0 Å². The van der Waals surface area contributed by atoms with Crippen LogP contribution in [0.3, 0.4) is 0 Å².